The Morgan fingerprint density at radius 2 is 2.00 bits per heavy atom. The molecule has 112 valence electrons. The molecular formula is C14H20F2N2O2. The lowest BCUT2D eigenvalue weighted by molar-refractivity contribution is -0.0503. The van der Waals surface area contributed by atoms with Gasteiger partial charge in [-0.1, -0.05) is 12.1 Å². The van der Waals surface area contributed by atoms with Crippen LogP contribution >= 0.6 is 0 Å². The summed E-state index contributed by atoms with van der Waals surface area (Å²) in [7, 11) is 0. The zero-order valence-corrected chi connectivity index (χ0v) is 11.7. The van der Waals surface area contributed by atoms with Crippen molar-refractivity contribution in [2.24, 2.45) is 5.73 Å². The first-order valence-electron chi connectivity index (χ1n) is 6.52. The summed E-state index contributed by atoms with van der Waals surface area (Å²) >= 11 is 0. The van der Waals surface area contributed by atoms with Gasteiger partial charge in [0.2, 0.25) is 0 Å². The fourth-order valence-corrected chi connectivity index (χ4v) is 1.85. The Bertz CT molecular complexity index is 439. The van der Waals surface area contributed by atoms with Gasteiger partial charge in [-0.3, -0.25) is 4.79 Å². The average Bonchev–Trinajstić information content (AvgIpc) is 2.38. The Morgan fingerprint density at radius 1 is 1.35 bits per heavy atom. The maximum absolute atomic E-state index is 12.5. The van der Waals surface area contributed by atoms with Crippen LogP contribution < -0.4 is 10.5 Å². The molecule has 0 bridgehead atoms. The normalized spacial score (nSPS) is 10.9. The second kappa shape index (κ2) is 7.79. The Morgan fingerprint density at radius 3 is 2.55 bits per heavy atom. The average molecular weight is 286 g/mol. The minimum atomic E-state index is -2.96. The van der Waals surface area contributed by atoms with Crippen LogP contribution in [0.4, 0.5) is 8.78 Å². The monoisotopic (exact) mass is 286 g/mol. The van der Waals surface area contributed by atoms with Crippen molar-refractivity contribution < 1.29 is 18.3 Å². The number of nitrogens with zero attached hydrogens (tertiary/aromatic N) is 1. The molecule has 0 spiro atoms. The second-order valence-corrected chi connectivity index (χ2v) is 4.61. The molecule has 2 N–H and O–H groups in total. The highest BCUT2D eigenvalue weighted by Gasteiger charge is 2.22. The van der Waals surface area contributed by atoms with Crippen LogP contribution in [-0.4, -0.2) is 36.5 Å². The number of para-hydroxylation sites is 1. The van der Waals surface area contributed by atoms with Crippen LogP contribution in [0.25, 0.3) is 0 Å². The number of hydrogen-bond donors (Lipinski definition) is 1. The predicted molar refractivity (Wildman–Crippen MR) is 72.9 cm³/mol. The van der Waals surface area contributed by atoms with E-state index in [9.17, 15) is 13.6 Å². The van der Waals surface area contributed by atoms with Crippen LogP contribution in [0, 0.1) is 0 Å². The fraction of sp³-hybridized carbons (Fsp3) is 0.500. The number of carbonyl (C=O) groups excluding carboxylic acids is 1. The number of ether oxygens (including phenoxy) is 1. The molecular weight excluding hydrogens is 266 g/mol. The van der Waals surface area contributed by atoms with Gasteiger partial charge in [-0.05, 0) is 38.9 Å². The van der Waals surface area contributed by atoms with Crippen molar-refractivity contribution >= 4 is 5.91 Å². The highest BCUT2D eigenvalue weighted by atomic mass is 19.3. The molecule has 0 heterocycles. The van der Waals surface area contributed by atoms with Crippen molar-refractivity contribution in [3.8, 4) is 5.75 Å². The molecule has 1 amide bonds. The molecule has 0 aliphatic rings. The third kappa shape index (κ3) is 4.45. The van der Waals surface area contributed by atoms with Crippen molar-refractivity contribution in [1.29, 1.82) is 0 Å². The highest BCUT2D eigenvalue weighted by Crippen LogP contribution is 2.22. The first kappa shape index (κ1) is 16.4. The summed E-state index contributed by atoms with van der Waals surface area (Å²) < 4.78 is 29.1. The van der Waals surface area contributed by atoms with Crippen molar-refractivity contribution in [2.75, 3.05) is 13.1 Å². The summed E-state index contributed by atoms with van der Waals surface area (Å²) in [6.45, 7) is 1.72. The number of alkyl halides is 2. The molecule has 0 aromatic heterocycles. The molecule has 0 saturated heterocycles. The van der Waals surface area contributed by atoms with Gasteiger partial charge in [-0.2, -0.15) is 8.78 Å². The van der Waals surface area contributed by atoms with E-state index < -0.39 is 6.61 Å². The molecule has 0 saturated carbocycles. The lowest BCUT2D eigenvalue weighted by atomic mass is 10.1. The molecule has 1 rings (SSSR count). The van der Waals surface area contributed by atoms with Gasteiger partial charge in [0.15, 0.2) is 0 Å². The Labute approximate surface area is 117 Å². The molecule has 0 atom stereocenters. The number of halogens is 2. The molecule has 0 aliphatic carbocycles. The standard InChI is InChI=1S/C14H20F2N2O2/c1-10(2)18(9-5-8-17)13(19)11-6-3-4-7-12(11)20-14(15)16/h3-4,6-7,10,14H,5,8-9,17H2,1-2H3. The van der Waals surface area contributed by atoms with Gasteiger partial charge in [-0.25, -0.2) is 0 Å². The van der Waals surface area contributed by atoms with Crippen LogP contribution in [0.1, 0.15) is 30.6 Å². The van der Waals surface area contributed by atoms with Gasteiger partial charge in [0.05, 0.1) is 5.56 Å². The minimum Gasteiger partial charge on any atom is -0.434 e. The van der Waals surface area contributed by atoms with E-state index >= 15 is 0 Å². The van der Waals surface area contributed by atoms with E-state index in [0.717, 1.165) is 0 Å². The Balaban J connectivity index is 2.99. The van der Waals surface area contributed by atoms with Gasteiger partial charge in [0.1, 0.15) is 5.75 Å². The number of rotatable bonds is 7. The molecule has 0 aliphatic heterocycles. The SMILES string of the molecule is CC(C)N(CCCN)C(=O)c1ccccc1OC(F)F. The largest absolute Gasteiger partial charge is 0.434 e. The zero-order valence-electron chi connectivity index (χ0n) is 11.7. The zero-order chi connectivity index (χ0) is 15.1. The number of hydrogen-bond acceptors (Lipinski definition) is 3. The number of carbonyl (C=O) groups is 1. The molecule has 20 heavy (non-hydrogen) atoms. The second-order valence-electron chi connectivity index (χ2n) is 4.61. The molecule has 0 radical (unpaired) electrons. The molecule has 1 aromatic carbocycles. The van der Waals surface area contributed by atoms with Crippen LogP contribution in [0.15, 0.2) is 24.3 Å². The van der Waals surface area contributed by atoms with E-state index in [1.54, 1.807) is 17.0 Å². The summed E-state index contributed by atoms with van der Waals surface area (Å²) in [4.78, 5) is 14.1. The van der Waals surface area contributed by atoms with E-state index in [-0.39, 0.29) is 23.3 Å². The van der Waals surface area contributed by atoms with E-state index in [0.29, 0.717) is 19.5 Å². The number of nitrogens with two attached hydrogens (primary N) is 1. The molecule has 4 nitrogen and oxygen atoms in total. The summed E-state index contributed by atoms with van der Waals surface area (Å²) in [6.07, 6.45) is 0.655. The van der Waals surface area contributed by atoms with Crippen molar-refractivity contribution in [1.82, 2.24) is 4.90 Å². The quantitative estimate of drug-likeness (QED) is 0.838. The maximum Gasteiger partial charge on any atom is 0.387 e. The molecule has 0 fully saturated rings. The van der Waals surface area contributed by atoms with Gasteiger partial charge >= 0.3 is 6.61 Å². The molecule has 0 unspecified atom stereocenters. The first-order valence-corrected chi connectivity index (χ1v) is 6.52. The summed E-state index contributed by atoms with van der Waals surface area (Å²) in [6, 6.07) is 5.97. The van der Waals surface area contributed by atoms with Crippen molar-refractivity contribution in [2.45, 2.75) is 32.9 Å². The maximum atomic E-state index is 12.5. The number of amides is 1. The van der Waals surface area contributed by atoms with E-state index in [1.807, 2.05) is 13.8 Å². The van der Waals surface area contributed by atoms with Gasteiger partial charge in [0.25, 0.3) is 5.91 Å². The third-order valence-corrected chi connectivity index (χ3v) is 2.82. The van der Waals surface area contributed by atoms with Crippen molar-refractivity contribution in [3.63, 3.8) is 0 Å². The van der Waals surface area contributed by atoms with Gasteiger partial charge in [-0.15, -0.1) is 0 Å². The lowest BCUT2D eigenvalue weighted by Crippen LogP contribution is -2.38. The third-order valence-electron chi connectivity index (χ3n) is 2.82. The van der Waals surface area contributed by atoms with E-state index in [1.165, 1.54) is 12.1 Å². The highest BCUT2D eigenvalue weighted by molar-refractivity contribution is 5.97. The van der Waals surface area contributed by atoms with Gasteiger partial charge in [0, 0.05) is 12.6 Å². The van der Waals surface area contributed by atoms with Crippen LogP contribution in [0.3, 0.4) is 0 Å². The van der Waals surface area contributed by atoms with E-state index in [4.69, 9.17) is 5.73 Å². The fourth-order valence-electron chi connectivity index (χ4n) is 1.85. The van der Waals surface area contributed by atoms with Gasteiger partial charge < -0.3 is 15.4 Å². The Hall–Kier alpha value is -1.69. The molecule has 6 heteroatoms. The topological polar surface area (TPSA) is 55.6 Å². The molecule has 1 aromatic rings. The van der Waals surface area contributed by atoms with Crippen LogP contribution in [0.5, 0.6) is 5.75 Å². The van der Waals surface area contributed by atoms with Crippen LogP contribution in [-0.2, 0) is 0 Å². The predicted octanol–water partition coefficient (Wildman–Crippen LogP) is 2.49. The first-order chi connectivity index (χ1) is 9.47. The van der Waals surface area contributed by atoms with Crippen molar-refractivity contribution in [3.05, 3.63) is 29.8 Å². The van der Waals surface area contributed by atoms with Crippen LogP contribution in [0.2, 0.25) is 0 Å². The number of benzene rings is 1. The lowest BCUT2D eigenvalue weighted by Gasteiger charge is -2.27. The summed E-state index contributed by atoms with van der Waals surface area (Å²) in [5.74, 6) is -0.435. The van der Waals surface area contributed by atoms with E-state index in [2.05, 4.69) is 4.74 Å². The Kier molecular flexibility index (Phi) is 6.38. The minimum absolute atomic E-state index is 0.0475. The summed E-state index contributed by atoms with van der Waals surface area (Å²) in [5, 5.41) is 0. The summed E-state index contributed by atoms with van der Waals surface area (Å²) in [5.41, 5.74) is 5.59. The smallest absolute Gasteiger partial charge is 0.387 e.